The average molecular weight is 570 g/mol. The van der Waals surface area contributed by atoms with Gasteiger partial charge in [0.25, 0.3) is 0 Å². The lowest BCUT2D eigenvalue weighted by Crippen LogP contribution is -2.37. The van der Waals surface area contributed by atoms with Crippen LogP contribution in [-0.4, -0.2) is 62.5 Å². The first-order chi connectivity index (χ1) is 19.0. The van der Waals surface area contributed by atoms with Gasteiger partial charge in [0.05, 0.1) is 19.3 Å². The molecule has 0 aliphatic rings. The fraction of sp³-hybridized carbons (Fsp3) is 0.643. The molecular weight excluding hydrogens is 526 g/mol. The molecule has 12 nitrogen and oxygen atoms in total. The second kappa shape index (κ2) is 19.5. The Morgan fingerprint density at radius 1 is 0.750 bits per heavy atom. The third kappa shape index (κ3) is 15.2. The minimum Gasteiger partial charge on any atom is -0.458 e. The lowest BCUT2D eigenvalue weighted by molar-refractivity contribution is -0.152. The second-order valence-electron chi connectivity index (χ2n) is 9.38. The topological polar surface area (TPSA) is 159 Å². The Labute approximate surface area is 235 Å². The van der Waals surface area contributed by atoms with Gasteiger partial charge in [0, 0.05) is 0 Å². The summed E-state index contributed by atoms with van der Waals surface area (Å²) in [6.45, 7) is 9.11. The van der Waals surface area contributed by atoms with Gasteiger partial charge in [-0.05, 0) is 57.7 Å². The third-order valence-corrected chi connectivity index (χ3v) is 5.17. The molecule has 0 heterocycles. The zero-order valence-electron chi connectivity index (χ0n) is 24.1. The first-order valence-electron chi connectivity index (χ1n) is 13.7. The van der Waals surface area contributed by atoms with Crippen molar-refractivity contribution in [2.45, 2.75) is 97.8 Å². The number of nitrogens with two attached hydrogens (primary N) is 1. The highest BCUT2D eigenvalue weighted by atomic mass is 16.7. The maximum Gasteiger partial charge on any atom is 0.513 e. The summed E-state index contributed by atoms with van der Waals surface area (Å²) in [6.07, 6.45) is 1.20. The van der Waals surface area contributed by atoms with E-state index in [2.05, 4.69) is 0 Å². The smallest absolute Gasteiger partial charge is 0.458 e. The summed E-state index contributed by atoms with van der Waals surface area (Å²) >= 11 is 0. The van der Waals surface area contributed by atoms with Crippen LogP contribution in [0.5, 0.6) is 11.5 Å². The summed E-state index contributed by atoms with van der Waals surface area (Å²) < 4.78 is 35.7. The molecule has 0 bridgehead atoms. The van der Waals surface area contributed by atoms with Gasteiger partial charge in [-0.25, -0.2) is 14.4 Å². The van der Waals surface area contributed by atoms with E-state index < -0.39 is 36.6 Å². The van der Waals surface area contributed by atoms with E-state index in [0.29, 0.717) is 18.4 Å². The van der Waals surface area contributed by atoms with E-state index >= 15 is 0 Å². The zero-order chi connectivity index (χ0) is 29.9. The van der Waals surface area contributed by atoms with Crippen molar-refractivity contribution in [3.05, 3.63) is 23.8 Å². The molecular formula is C28H43NO11. The fourth-order valence-corrected chi connectivity index (χ4v) is 3.17. The molecule has 0 spiro atoms. The van der Waals surface area contributed by atoms with E-state index in [1.165, 1.54) is 12.1 Å². The maximum atomic E-state index is 12.5. The van der Waals surface area contributed by atoms with Crippen LogP contribution in [0, 0.1) is 0 Å². The van der Waals surface area contributed by atoms with Crippen molar-refractivity contribution in [3.8, 4) is 11.5 Å². The molecule has 2 atom stereocenters. The average Bonchev–Trinajstić information content (AvgIpc) is 2.89. The number of benzene rings is 1. The molecule has 0 aliphatic heterocycles. The number of rotatable bonds is 17. The minimum absolute atomic E-state index is 0.00541. The van der Waals surface area contributed by atoms with Crippen LogP contribution in [0.1, 0.15) is 78.7 Å². The number of unbranched alkanes of at least 4 members (excludes halogenated alkanes) is 4. The predicted molar refractivity (Wildman–Crippen MR) is 144 cm³/mol. The van der Waals surface area contributed by atoms with Crippen molar-refractivity contribution in [3.63, 3.8) is 0 Å². The molecule has 0 fully saturated rings. The monoisotopic (exact) mass is 569 g/mol. The van der Waals surface area contributed by atoms with Crippen molar-refractivity contribution in [1.82, 2.24) is 0 Å². The van der Waals surface area contributed by atoms with Crippen LogP contribution in [0.4, 0.5) is 14.4 Å². The Bertz CT molecular complexity index is 935. The number of esters is 1. The number of carbonyl (C=O) groups excluding carboxylic acids is 4. The molecule has 0 saturated carbocycles. The molecule has 0 aliphatic carbocycles. The van der Waals surface area contributed by atoms with Crippen LogP contribution in [0.15, 0.2) is 18.2 Å². The molecule has 1 rings (SSSR count). The zero-order valence-corrected chi connectivity index (χ0v) is 24.1. The second-order valence-corrected chi connectivity index (χ2v) is 9.38. The van der Waals surface area contributed by atoms with Crippen molar-refractivity contribution >= 4 is 24.4 Å². The molecule has 0 aromatic heterocycles. The number of hydrogen-bond donors (Lipinski definition) is 1. The van der Waals surface area contributed by atoms with Gasteiger partial charge in [-0.3, -0.25) is 4.79 Å². The summed E-state index contributed by atoms with van der Waals surface area (Å²) in [5.74, 6) is -0.901. The summed E-state index contributed by atoms with van der Waals surface area (Å²) in [5, 5.41) is 0. The highest BCUT2D eigenvalue weighted by molar-refractivity contribution is 5.76. The van der Waals surface area contributed by atoms with Crippen LogP contribution >= 0.6 is 0 Å². The molecule has 0 saturated heterocycles. The van der Waals surface area contributed by atoms with Gasteiger partial charge in [0.1, 0.15) is 18.8 Å². The Morgan fingerprint density at radius 2 is 1.32 bits per heavy atom. The van der Waals surface area contributed by atoms with Crippen molar-refractivity contribution in [1.29, 1.82) is 0 Å². The van der Waals surface area contributed by atoms with E-state index in [9.17, 15) is 19.2 Å². The van der Waals surface area contributed by atoms with E-state index in [-0.39, 0.29) is 43.8 Å². The maximum absolute atomic E-state index is 12.5. The number of ether oxygens (including phenoxy) is 7. The predicted octanol–water partition coefficient (Wildman–Crippen LogP) is 5.46. The molecule has 226 valence electrons. The van der Waals surface area contributed by atoms with Crippen LogP contribution in [0.2, 0.25) is 0 Å². The summed E-state index contributed by atoms with van der Waals surface area (Å²) in [6, 6.07) is 3.28. The van der Waals surface area contributed by atoms with Crippen molar-refractivity contribution in [2.75, 3.05) is 19.8 Å². The Hall–Kier alpha value is -3.54. The molecule has 1 aromatic carbocycles. The lowest BCUT2D eigenvalue weighted by Gasteiger charge is -2.18. The summed E-state index contributed by atoms with van der Waals surface area (Å²) in [5.41, 5.74) is 6.51. The van der Waals surface area contributed by atoms with Gasteiger partial charge in [-0.1, -0.05) is 45.6 Å². The molecule has 0 radical (unpaired) electrons. The summed E-state index contributed by atoms with van der Waals surface area (Å²) in [4.78, 5) is 48.3. The highest BCUT2D eigenvalue weighted by Gasteiger charge is 2.22. The molecule has 1 aromatic rings. The normalized spacial score (nSPS) is 12.2. The number of hydrogen-bond acceptors (Lipinski definition) is 12. The van der Waals surface area contributed by atoms with E-state index in [1.54, 1.807) is 26.8 Å². The summed E-state index contributed by atoms with van der Waals surface area (Å²) in [7, 11) is 0. The molecule has 0 amide bonds. The van der Waals surface area contributed by atoms with E-state index in [1.807, 2.05) is 13.8 Å². The standard InChI is InChI=1S/C28H43NO11/c1-6-8-10-14-34-26(31)39-23-13-12-21(17-24(23)40-27(32)35-15-11-9-7-2)16-22(29)25(30)38-20(5)18-36-28(33)37-19(3)4/h12-13,17,19-20,22H,6-11,14-16,18,29H2,1-5H3/t20-,22-/m0/s1. The molecule has 2 N–H and O–H groups in total. The fourth-order valence-electron chi connectivity index (χ4n) is 3.17. The lowest BCUT2D eigenvalue weighted by atomic mass is 10.1. The number of carbonyl (C=O) groups is 4. The molecule has 0 unspecified atom stereocenters. The van der Waals surface area contributed by atoms with Gasteiger partial charge in [-0.2, -0.15) is 0 Å². The van der Waals surface area contributed by atoms with Gasteiger partial charge in [0.15, 0.2) is 11.5 Å². The first kappa shape index (κ1) is 34.5. The van der Waals surface area contributed by atoms with Crippen molar-refractivity contribution < 1.29 is 52.3 Å². The first-order valence-corrected chi connectivity index (χ1v) is 13.7. The largest absolute Gasteiger partial charge is 0.513 e. The Balaban J connectivity index is 2.83. The van der Waals surface area contributed by atoms with Crippen LogP contribution in [-0.2, 0) is 34.9 Å². The SMILES string of the molecule is CCCCCOC(=O)Oc1ccc(C[C@H](N)C(=O)O[C@@H](C)COC(=O)OC(C)C)cc1OC(=O)OCCCCC. The van der Waals surface area contributed by atoms with E-state index in [0.717, 1.165) is 25.7 Å². The van der Waals surface area contributed by atoms with E-state index in [4.69, 9.17) is 38.9 Å². The Kier molecular flexibility index (Phi) is 16.8. The Morgan fingerprint density at radius 3 is 1.88 bits per heavy atom. The highest BCUT2D eigenvalue weighted by Crippen LogP contribution is 2.30. The van der Waals surface area contributed by atoms with Crippen LogP contribution in [0.3, 0.4) is 0 Å². The van der Waals surface area contributed by atoms with Gasteiger partial charge in [0.2, 0.25) is 0 Å². The minimum atomic E-state index is -1.09. The van der Waals surface area contributed by atoms with Gasteiger partial charge >= 0.3 is 24.4 Å². The van der Waals surface area contributed by atoms with Crippen molar-refractivity contribution in [2.24, 2.45) is 5.73 Å². The van der Waals surface area contributed by atoms with Gasteiger partial charge < -0.3 is 38.9 Å². The molecule has 12 heteroatoms. The van der Waals surface area contributed by atoms with Crippen LogP contribution < -0.4 is 15.2 Å². The third-order valence-electron chi connectivity index (χ3n) is 5.17. The quantitative estimate of drug-likeness (QED) is 0.109. The van der Waals surface area contributed by atoms with Crippen LogP contribution in [0.25, 0.3) is 0 Å². The van der Waals surface area contributed by atoms with Gasteiger partial charge in [-0.15, -0.1) is 0 Å². The molecule has 40 heavy (non-hydrogen) atoms.